The number of hydrogen-bond donors (Lipinski definition) is 0. The SMILES string of the molecule is C=CCCCCCCCCC(=O)C(CCC)CCCC. The van der Waals surface area contributed by atoms with E-state index >= 15 is 0 Å². The van der Waals surface area contributed by atoms with Crippen molar-refractivity contribution in [2.45, 2.75) is 97.3 Å². The van der Waals surface area contributed by atoms with Crippen molar-refractivity contribution in [3.05, 3.63) is 12.7 Å². The van der Waals surface area contributed by atoms with E-state index in [-0.39, 0.29) is 0 Å². The van der Waals surface area contributed by atoms with Crippen molar-refractivity contribution >= 4 is 5.78 Å². The summed E-state index contributed by atoms with van der Waals surface area (Å²) in [6.07, 6.45) is 17.3. The second kappa shape index (κ2) is 14.8. The Labute approximate surface area is 127 Å². The van der Waals surface area contributed by atoms with Crippen LogP contribution in [-0.4, -0.2) is 5.78 Å². The number of carbonyl (C=O) groups is 1. The Morgan fingerprint density at radius 2 is 1.55 bits per heavy atom. The summed E-state index contributed by atoms with van der Waals surface area (Å²) >= 11 is 0. The molecule has 0 bridgehead atoms. The van der Waals surface area contributed by atoms with Crippen LogP contribution in [0.25, 0.3) is 0 Å². The van der Waals surface area contributed by atoms with Gasteiger partial charge in [0.2, 0.25) is 0 Å². The molecule has 0 aromatic carbocycles. The summed E-state index contributed by atoms with van der Waals surface area (Å²) in [5.41, 5.74) is 0. The number of unbranched alkanes of at least 4 members (excludes halogenated alkanes) is 7. The number of carbonyl (C=O) groups excluding carboxylic acids is 1. The molecule has 1 heteroatoms. The summed E-state index contributed by atoms with van der Waals surface area (Å²) < 4.78 is 0. The molecule has 20 heavy (non-hydrogen) atoms. The summed E-state index contributed by atoms with van der Waals surface area (Å²) in [6.45, 7) is 8.14. The maximum absolute atomic E-state index is 12.2. The Morgan fingerprint density at radius 1 is 0.900 bits per heavy atom. The zero-order valence-electron chi connectivity index (χ0n) is 14.0. The highest BCUT2D eigenvalue weighted by molar-refractivity contribution is 5.80. The lowest BCUT2D eigenvalue weighted by molar-refractivity contribution is -0.123. The van der Waals surface area contributed by atoms with Crippen LogP contribution in [0.5, 0.6) is 0 Å². The van der Waals surface area contributed by atoms with Gasteiger partial charge in [-0.15, -0.1) is 6.58 Å². The van der Waals surface area contributed by atoms with Crippen molar-refractivity contribution in [2.75, 3.05) is 0 Å². The van der Waals surface area contributed by atoms with Crippen LogP contribution in [-0.2, 0) is 4.79 Å². The molecule has 0 aliphatic rings. The Hall–Kier alpha value is -0.590. The van der Waals surface area contributed by atoms with Crippen LogP contribution < -0.4 is 0 Å². The van der Waals surface area contributed by atoms with E-state index in [4.69, 9.17) is 0 Å². The number of Topliss-reactive ketones (excluding diaryl/α,β-unsaturated/α-hetero) is 1. The van der Waals surface area contributed by atoms with E-state index < -0.39 is 0 Å². The van der Waals surface area contributed by atoms with Crippen LogP contribution >= 0.6 is 0 Å². The van der Waals surface area contributed by atoms with E-state index in [1.54, 1.807) is 0 Å². The number of hydrogen-bond acceptors (Lipinski definition) is 1. The molecule has 0 radical (unpaired) electrons. The highest BCUT2D eigenvalue weighted by Gasteiger charge is 2.15. The first-order valence-electron chi connectivity index (χ1n) is 8.89. The van der Waals surface area contributed by atoms with E-state index in [2.05, 4.69) is 20.4 Å². The molecule has 0 saturated heterocycles. The molecular weight excluding hydrogens is 244 g/mol. The molecule has 0 fully saturated rings. The smallest absolute Gasteiger partial charge is 0.135 e. The van der Waals surface area contributed by atoms with Gasteiger partial charge >= 0.3 is 0 Å². The molecule has 0 aromatic heterocycles. The molecule has 118 valence electrons. The van der Waals surface area contributed by atoms with Gasteiger partial charge in [-0.3, -0.25) is 4.79 Å². The third-order valence-electron chi connectivity index (χ3n) is 4.08. The van der Waals surface area contributed by atoms with Crippen molar-refractivity contribution < 1.29 is 4.79 Å². The van der Waals surface area contributed by atoms with Crippen molar-refractivity contribution in [1.29, 1.82) is 0 Å². The van der Waals surface area contributed by atoms with E-state index in [0.717, 1.165) is 38.5 Å². The Bertz CT molecular complexity index is 232. The topological polar surface area (TPSA) is 17.1 Å². The average Bonchev–Trinajstić information content (AvgIpc) is 2.46. The third kappa shape index (κ3) is 11.3. The Morgan fingerprint density at radius 3 is 2.15 bits per heavy atom. The second-order valence-electron chi connectivity index (χ2n) is 6.04. The van der Waals surface area contributed by atoms with Crippen LogP contribution in [0.4, 0.5) is 0 Å². The fraction of sp³-hybridized carbons (Fsp3) is 0.842. The number of rotatable bonds is 15. The number of allylic oxidation sites excluding steroid dienone is 1. The zero-order valence-corrected chi connectivity index (χ0v) is 14.0. The summed E-state index contributed by atoms with van der Waals surface area (Å²) in [4.78, 5) is 12.2. The molecule has 1 nitrogen and oxygen atoms in total. The highest BCUT2D eigenvalue weighted by atomic mass is 16.1. The molecule has 0 N–H and O–H groups in total. The van der Waals surface area contributed by atoms with Gasteiger partial charge in [-0.05, 0) is 32.1 Å². The predicted octanol–water partition coefficient (Wildman–Crippen LogP) is 6.47. The quantitative estimate of drug-likeness (QED) is 0.248. The van der Waals surface area contributed by atoms with Crippen molar-refractivity contribution in [3.8, 4) is 0 Å². The van der Waals surface area contributed by atoms with E-state index in [9.17, 15) is 4.79 Å². The summed E-state index contributed by atoms with van der Waals surface area (Å²) in [7, 11) is 0. The Balaban J connectivity index is 3.59. The van der Waals surface area contributed by atoms with E-state index in [1.165, 1.54) is 44.9 Å². The zero-order chi connectivity index (χ0) is 15.1. The van der Waals surface area contributed by atoms with Crippen molar-refractivity contribution in [1.82, 2.24) is 0 Å². The Kier molecular flexibility index (Phi) is 14.4. The molecule has 0 rings (SSSR count). The average molecular weight is 280 g/mol. The first kappa shape index (κ1) is 19.4. The van der Waals surface area contributed by atoms with Gasteiger partial charge in [0.15, 0.2) is 0 Å². The molecule has 0 spiro atoms. The summed E-state index contributed by atoms with van der Waals surface area (Å²) in [5, 5.41) is 0. The molecule has 0 amide bonds. The third-order valence-corrected chi connectivity index (χ3v) is 4.08. The van der Waals surface area contributed by atoms with Gasteiger partial charge in [0.25, 0.3) is 0 Å². The van der Waals surface area contributed by atoms with Gasteiger partial charge in [0.1, 0.15) is 5.78 Å². The van der Waals surface area contributed by atoms with Crippen LogP contribution in [0.15, 0.2) is 12.7 Å². The molecule has 1 unspecified atom stereocenters. The minimum absolute atomic E-state index is 0.354. The van der Waals surface area contributed by atoms with Gasteiger partial charge in [-0.1, -0.05) is 64.9 Å². The molecule has 0 aliphatic carbocycles. The van der Waals surface area contributed by atoms with Gasteiger partial charge < -0.3 is 0 Å². The lowest BCUT2D eigenvalue weighted by Gasteiger charge is -2.14. The maximum Gasteiger partial charge on any atom is 0.135 e. The minimum Gasteiger partial charge on any atom is -0.299 e. The van der Waals surface area contributed by atoms with Gasteiger partial charge in [-0.2, -0.15) is 0 Å². The van der Waals surface area contributed by atoms with Gasteiger partial charge in [0, 0.05) is 12.3 Å². The first-order chi connectivity index (χ1) is 9.76. The minimum atomic E-state index is 0.354. The summed E-state index contributed by atoms with van der Waals surface area (Å²) in [6, 6.07) is 0. The molecule has 1 atom stereocenters. The monoisotopic (exact) mass is 280 g/mol. The van der Waals surface area contributed by atoms with Crippen LogP contribution in [0, 0.1) is 5.92 Å². The molecular formula is C19H36O. The fourth-order valence-electron chi connectivity index (χ4n) is 2.76. The molecule has 0 aromatic rings. The standard InChI is InChI=1S/C19H36O/c1-4-7-9-10-11-12-13-14-17-19(20)18(15-6-3)16-8-5-2/h4,18H,1,5-17H2,2-3H3. The van der Waals surface area contributed by atoms with Crippen molar-refractivity contribution in [3.63, 3.8) is 0 Å². The maximum atomic E-state index is 12.2. The fourth-order valence-corrected chi connectivity index (χ4v) is 2.76. The lowest BCUT2D eigenvalue weighted by atomic mass is 9.90. The van der Waals surface area contributed by atoms with Crippen LogP contribution in [0.1, 0.15) is 97.3 Å². The largest absolute Gasteiger partial charge is 0.299 e. The first-order valence-corrected chi connectivity index (χ1v) is 8.89. The van der Waals surface area contributed by atoms with E-state index in [1.807, 2.05) is 6.08 Å². The molecule has 0 heterocycles. The molecule has 0 saturated carbocycles. The van der Waals surface area contributed by atoms with Gasteiger partial charge in [-0.25, -0.2) is 0 Å². The van der Waals surface area contributed by atoms with Crippen LogP contribution in [0.2, 0.25) is 0 Å². The van der Waals surface area contributed by atoms with Gasteiger partial charge in [0.05, 0.1) is 0 Å². The lowest BCUT2D eigenvalue weighted by Crippen LogP contribution is -2.14. The second-order valence-corrected chi connectivity index (χ2v) is 6.04. The van der Waals surface area contributed by atoms with E-state index in [0.29, 0.717) is 11.7 Å². The predicted molar refractivity (Wildman–Crippen MR) is 90.1 cm³/mol. The molecule has 0 aliphatic heterocycles. The normalized spacial score (nSPS) is 12.3. The van der Waals surface area contributed by atoms with Crippen molar-refractivity contribution in [2.24, 2.45) is 5.92 Å². The highest BCUT2D eigenvalue weighted by Crippen LogP contribution is 2.19. The van der Waals surface area contributed by atoms with Crippen LogP contribution in [0.3, 0.4) is 0 Å². The summed E-state index contributed by atoms with van der Waals surface area (Å²) in [5.74, 6) is 0.888. The number of ketones is 1.